The number of benzene rings is 2. The first-order valence-corrected chi connectivity index (χ1v) is 12.3. The molecule has 0 aliphatic carbocycles. The molecule has 11 heteroatoms. The van der Waals surface area contributed by atoms with Crippen LogP contribution in [0.4, 0.5) is 5.13 Å². The summed E-state index contributed by atoms with van der Waals surface area (Å²) in [4.78, 5) is 28.1. The molecular formula is C26H25N3O7S. The molecule has 1 saturated heterocycles. The molecule has 192 valence electrons. The number of carbonyl (C=O) groups is 2. The average molecular weight is 524 g/mol. The zero-order chi connectivity index (χ0) is 26.4. The lowest BCUT2D eigenvalue weighted by Gasteiger charge is -2.24. The molecule has 2 aliphatic heterocycles. The van der Waals surface area contributed by atoms with Crippen molar-refractivity contribution in [1.29, 1.82) is 0 Å². The van der Waals surface area contributed by atoms with Crippen LogP contribution in [0.25, 0.3) is 5.76 Å². The van der Waals surface area contributed by atoms with E-state index in [-0.39, 0.29) is 22.6 Å². The summed E-state index contributed by atoms with van der Waals surface area (Å²) in [6.07, 6.45) is 0.684. The number of carbonyl (C=O) groups excluding carboxylic acids is 2. The van der Waals surface area contributed by atoms with Gasteiger partial charge in [-0.15, -0.1) is 10.2 Å². The quantitative estimate of drug-likeness (QED) is 0.292. The van der Waals surface area contributed by atoms with Gasteiger partial charge in [-0.3, -0.25) is 14.5 Å². The number of aromatic nitrogens is 2. The van der Waals surface area contributed by atoms with Crippen molar-refractivity contribution < 1.29 is 33.6 Å². The van der Waals surface area contributed by atoms with Crippen LogP contribution < -0.4 is 23.8 Å². The van der Waals surface area contributed by atoms with Crippen molar-refractivity contribution in [3.05, 3.63) is 57.6 Å². The van der Waals surface area contributed by atoms with Gasteiger partial charge >= 0.3 is 5.91 Å². The van der Waals surface area contributed by atoms with Gasteiger partial charge in [0.25, 0.3) is 5.78 Å². The molecule has 2 aliphatic rings. The summed E-state index contributed by atoms with van der Waals surface area (Å²) in [6.45, 7) is 3.71. The predicted molar refractivity (Wildman–Crippen MR) is 136 cm³/mol. The number of aryl methyl sites for hydroxylation is 1. The van der Waals surface area contributed by atoms with Crippen molar-refractivity contribution in [2.24, 2.45) is 0 Å². The molecule has 2 atom stereocenters. The minimum absolute atomic E-state index is 0.0119. The average Bonchev–Trinajstić information content (AvgIpc) is 3.56. The fourth-order valence-corrected chi connectivity index (χ4v) is 5.43. The highest BCUT2D eigenvalue weighted by molar-refractivity contribution is 7.15. The summed E-state index contributed by atoms with van der Waals surface area (Å²) < 4.78 is 22.2. The summed E-state index contributed by atoms with van der Waals surface area (Å²) in [5.41, 5.74) is 1.69. The predicted octanol–water partition coefficient (Wildman–Crippen LogP) is 3.82. The Bertz CT molecular complexity index is 1420. The van der Waals surface area contributed by atoms with Gasteiger partial charge in [-0.05, 0) is 55.3 Å². The Morgan fingerprint density at radius 3 is 2.38 bits per heavy atom. The lowest BCUT2D eigenvalue weighted by atomic mass is 9.94. The van der Waals surface area contributed by atoms with Crippen molar-refractivity contribution in [3.63, 3.8) is 0 Å². The number of anilines is 1. The summed E-state index contributed by atoms with van der Waals surface area (Å²) in [7, 11) is 4.42. The minimum atomic E-state index is -1.02. The maximum Gasteiger partial charge on any atom is 0.301 e. The van der Waals surface area contributed by atoms with Gasteiger partial charge in [0, 0.05) is 12.0 Å². The number of aliphatic hydroxyl groups excluding tert-OH is 1. The van der Waals surface area contributed by atoms with Crippen molar-refractivity contribution in [1.82, 2.24) is 10.2 Å². The van der Waals surface area contributed by atoms with Crippen LogP contribution >= 0.6 is 11.3 Å². The smallest absolute Gasteiger partial charge is 0.301 e. The zero-order valence-corrected chi connectivity index (χ0v) is 21.7. The Labute approximate surface area is 217 Å². The Kier molecular flexibility index (Phi) is 6.24. The van der Waals surface area contributed by atoms with Gasteiger partial charge in [-0.25, -0.2) is 0 Å². The van der Waals surface area contributed by atoms with Gasteiger partial charge in [0.1, 0.15) is 22.6 Å². The first-order valence-electron chi connectivity index (χ1n) is 11.5. The summed E-state index contributed by atoms with van der Waals surface area (Å²) >= 11 is 1.17. The molecule has 10 nitrogen and oxygen atoms in total. The molecule has 1 amide bonds. The van der Waals surface area contributed by atoms with Gasteiger partial charge in [0.2, 0.25) is 10.9 Å². The van der Waals surface area contributed by atoms with E-state index in [2.05, 4.69) is 10.2 Å². The molecule has 0 saturated carbocycles. The maximum atomic E-state index is 13.4. The fourth-order valence-electron chi connectivity index (χ4n) is 4.71. The highest BCUT2D eigenvalue weighted by Crippen LogP contribution is 2.47. The maximum absolute atomic E-state index is 13.4. The minimum Gasteiger partial charge on any atom is -0.507 e. The number of hydrogen-bond acceptors (Lipinski definition) is 10. The molecule has 1 N–H and O–H groups in total. The van der Waals surface area contributed by atoms with Crippen molar-refractivity contribution in [3.8, 4) is 23.0 Å². The molecule has 3 aromatic rings. The third kappa shape index (κ3) is 4.05. The summed E-state index contributed by atoms with van der Waals surface area (Å²) in [5, 5.41) is 20.5. The number of fused-ring (bicyclic) bond motifs is 1. The van der Waals surface area contributed by atoms with E-state index in [0.717, 1.165) is 11.3 Å². The molecule has 1 fully saturated rings. The van der Waals surface area contributed by atoms with E-state index in [1.165, 1.54) is 37.6 Å². The number of aliphatic hydroxyl groups is 1. The summed E-state index contributed by atoms with van der Waals surface area (Å²) in [6, 6.07) is 7.47. The lowest BCUT2D eigenvalue weighted by Crippen LogP contribution is -2.29. The van der Waals surface area contributed by atoms with Crippen LogP contribution in [0.2, 0.25) is 0 Å². The van der Waals surface area contributed by atoms with Crippen LogP contribution in [0.5, 0.6) is 23.0 Å². The first kappa shape index (κ1) is 24.6. The van der Waals surface area contributed by atoms with E-state index in [1.807, 2.05) is 6.92 Å². The third-order valence-corrected chi connectivity index (χ3v) is 7.18. The first-order chi connectivity index (χ1) is 17.8. The zero-order valence-electron chi connectivity index (χ0n) is 20.9. The second-order valence-electron chi connectivity index (χ2n) is 8.69. The number of rotatable bonds is 6. The topological polar surface area (TPSA) is 120 Å². The van der Waals surface area contributed by atoms with Crippen molar-refractivity contribution in [2.45, 2.75) is 32.4 Å². The van der Waals surface area contributed by atoms with E-state index in [0.29, 0.717) is 39.8 Å². The van der Waals surface area contributed by atoms with Crippen molar-refractivity contribution in [2.75, 3.05) is 26.2 Å². The van der Waals surface area contributed by atoms with Crippen LogP contribution in [0.1, 0.15) is 34.7 Å². The highest BCUT2D eigenvalue weighted by Gasteiger charge is 2.49. The third-order valence-electron chi connectivity index (χ3n) is 6.34. The lowest BCUT2D eigenvalue weighted by molar-refractivity contribution is -0.132. The van der Waals surface area contributed by atoms with Crippen LogP contribution in [0.15, 0.2) is 35.9 Å². The molecule has 0 radical (unpaired) electrons. The number of Topliss-reactive ketones (excluding diaryl/α,β-unsaturated/α-hetero) is 1. The Morgan fingerprint density at radius 1 is 1.08 bits per heavy atom. The molecule has 3 heterocycles. The van der Waals surface area contributed by atoms with E-state index in [4.69, 9.17) is 18.9 Å². The Balaban J connectivity index is 1.74. The number of amides is 1. The SMILES string of the molecule is COc1cc([C@H]2/C(=C(\O)c3ccc4c(c3)C[C@@H](C)O4)C(=O)C(=O)N2c2nnc(C)s2)cc(OC)c1OC. The standard InChI is InChI=1S/C26H25N3O7S/c1-12-8-15-9-14(6-7-17(15)36-12)22(30)20-21(16-10-18(33-3)24(35-5)19(11-16)34-4)29(25(32)23(20)31)26-28-27-13(2)37-26/h6-7,9-12,21,30H,8H2,1-5H3/b22-20+/t12-,21+/m1/s1. The van der Waals surface area contributed by atoms with Crippen LogP contribution in [0, 0.1) is 6.92 Å². The fraction of sp³-hybridized carbons (Fsp3) is 0.308. The highest BCUT2D eigenvalue weighted by atomic mass is 32.1. The molecule has 2 aromatic carbocycles. The number of hydrogen-bond donors (Lipinski definition) is 1. The normalized spacial score (nSPS) is 20.1. The van der Waals surface area contributed by atoms with Crippen LogP contribution in [-0.2, 0) is 16.0 Å². The Hall–Kier alpha value is -4.12. The molecule has 1 aromatic heterocycles. The van der Waals surface area contributed by atoms with Gasteiger partial charge in [0.05, 0.1) is 32.9 Å². The molecular weight excluding hydrogens is 498 g/mol. The number of methoxy groups -OCH3 is 3. The second-order valence-corrected chi connectivity index (χ2v) is 9.85. The van der Waals surface area contributed by atoms with Crippen molar-refractivity contribution >= 4 is 33.9 Å². The number of ether oxygens (including phenoxy) is 4. The summed E-state index contributed by atoms with van der Waals surface area (Å²) in [5.74, 6) is -0.216. The van der Waals surface area contributed by atoms with E-state index >= 15 is 0 Å². The molecule has 0 bridgehead atoms. The number of nitrogens with zero attached hydrogens (tertiary/aromatic N) is 3. The Morgan fingerprint density at radius 2 is 1.78 bits per heavy atom. The van der Waals surface area contributed by atoms with Crippen LogP contribution in [-0.4, -0.2) is 54.4 Å². The van der Waals surface area contributed by atoms with Crippen LogP contribution in [0.3, 0.4) is 0 Å². The van der Waals surface area contributed by atoms with Gasteiger partial charge in [-0.1, -0.05) is 11.3 Å². The van der Waals surface area contributed by atoms with E-state index < -0.39 is 17.7 Å². The second kappa shape index (κ2) is 9.40. The number of ketones is 1. The van der Waals surface area contributed by atoms with Gasteiger partial charge in [-0.2, -0.15) is 0 Å². The van der Waals surface area contributed by atoms with E-state index in [9.17, 15) is 14.7 Å². The molecule has 0 spiro atoms. The van der Waals surface area contributed by atoms with Gasteiger partial charge < -0.3 is 24.1 Å². The van der Waals surface area contributed by atoms with Gasteiger partial charge in [0.15, 0.2) is 11.5 Å². The molecule has 5 rings (SSSR count). The molecule has 37 heavy (non-hydrogen) atoms. The van der Waals surface area contributed by atoms with E-state index in [1.54, 1.807) is 37.3 Å². The molecule has 0 unspecified atom stereocenters. The largest absolute Gasteiger partial charge is 0.507 e. The monoisotopic (exact) mass is 523 g/mol.